The van der Waals surface area contributed by atoms with Crippen molar-refractivity contribution < 1.29 is 9.59 Å². The van der Waals surface area contributed by atoms with Gasteiger partial charge in [0.05, 0.1) is 19.1 Å². The van der Waals surface area contributed by atoms with E-state index >= 15 is 0 Å². The van der Waals surface area contributed by atoms with Gasteiger partial charge in [0.25, 0.3) is 0 Å². The van der Waals surface area contributed by atoms with Gasteiger partial charge in [0.1, 0.15) is 11.6 Å². The first kappa shape index (κ1) is 22.0. The summed E-state index contributed by atoms with van der Waals surface area (Å²) in [4.78, 5) is 41.8. The highest BCUT2D eigenvalue weighted by Crippen LogP contribution is 2.34. The molecule has 2 amide bonds. The molecule has 1 aromatic carbocycles. The topological polar surface area (TPSA) is 69.6 Å². The van der Waals surface area contributed by atoms with Crippen molar-refractivity contribution >= 4 is 17.6 Å². The van der Waals surface area contributed by atoms with Gasteiger partial charge in [-0.05, 0) is 51.1 Å². The Kier molecular flexibility index (Phi) is 6.40. The molecular formula is C26H33N5O2. The average molecular weight is 448 g/mol. The Morgan fingerprint density at radius 1 is 1.00 bits per heavy atom. The van der Waals surface area contributed by atoms with Crippen molar-refractivity contribution in [1.29, 1.82) is 0 Å². The van der Waals surface area contributed by atoms with Crippen molar-refractivity contribution in [2.45, 2.75) is 64.5 Å². The Bertz CT molecular complexity index is 1020. The third kappa shape index (κ3) is 4.64. The van der Waals surface area contributed by atoms with E-state index in [1.54, 1.807) is 0 Å². The Hall–Kier alpha value is -2.80. The fraction of sp³-hybridized carbons (Fsp3) is 0.538. The quantitative estimate of drug-likeness (QED) is 0.703. The van der Waals surface area contributed by atoms with Gasteiger partial charge in [-0.3, -0.25) is 19.4 Å². The van der Waals surface area contributed by atoms with Gasteiger partial charge in [-0.1, -0.05) is 36.8 Å². The number of benzene rings is 1. The SMILES string of the molecule is Cc1nc([C@H]2CCCCN2CC(=O)N2CCCC2)nc2c1CCC(=O)N2Cc1ccccc1. The maximum Gasteiger partial charge on any atom is 0.236 e. The smallest absolute Gasteiger partial charge is 0.236 e. The first-order valence-electron chi connectivity index (χ1n) is 12.3. The fourth-order valence-corrected chi connectivity index (χ4v) is 5.39. The van der Waals surface area contributed by atoms with Gasteiger partial charge < -0.3 is 4.90 Å². The van der Waals surface area contributed by atoms with E-state index in [0.29, 0.717) is 25.9 Å². The van der Waals surface area contributed by atoms with Crippen molar-refractivity contribution in [2.75, 3.05) is 31.1 Å². The van der Waals surface area contributed by atoms with Crippen LogP contribution in [0.2, 0.25) is 0 Å². The number of piperidine rings is 1. The van der Waals surface area contributed by atoms with Gasteiger partial charge >= 0.3 is 0 Å². The Morgan fingerprint density at radius 2 is 1.76 bits per heavy atom. The van der Waals surface area contributed by atoms with Crippen LogP contribution < -0.4 is 4.90 Å². The van der Waals surface area contributed by atoms with Gasteiger partial charge in [0.2, 0.25) is 11.8 Å². The second-order valence-electron chi connectivity index (χ2n) is 9.50. The third-order valence-electron chi connectivity index (χ3n) is 7.25. The summed E-state index contributed by atoms with van der Waals surface area (Å²) in [6.45, 7) is 5.62. The second-order valence-corrected chi connectivity index (χ2v) is 9.50. The van der Waals surface area contributed by atoms with Crippen molar-refractivity contribution in [3.8, 4) is 0 Å². The van der Waals surface area contributed by atoms with E-state index in [4.69, 9.17) is 9.97 Å². The van der Waals surface area contributed by atoms with Crippen LogP contribution in [0.1, 0.15) is 67.2 Å². The zero-order valence-corrected chi connectivity index (χ0v) is 19.5. The molecule has 7 nitrogen and oxygen atoms in total. The minimum atomic E-state index is 0.0184. The standard InChI is InChI=1S/C26H33N5O2/c1-19-21-12-13-23(32)31(17-20-9-3-2-4-10-20)26(21)28-25(27-19)22-11-5-6-16-30(22)18-24(33)29-14-7-8-15-29/h2-4,9-10,22H,5-8,11-18H2,1H3/t22-/m1/s1. The molecule has 1 atom stereocenters. The van der Waals surface area contributed by atoms with Gasteiger partial charge in [-0.25, -0.2) is 9.97 Å². The molecule has 5 rings (SSSR count). The van der Waals surface area contributed by atoms with Crippen molar-refractivity contribution in [3.05, 3.63) is 53.0 Å². The Balaban J connectivity index is 1.43. The van der Waals surface area contributed by atoms with E-state index in [9.17, 15) is 9.59 Å². The molecule has 3 aliphatic rings. The van der Waals surface area contributed by atoms with Crippen LogP contribution in [0.4, 0.5) is 5.82 Å². The van der Waals surface area contributed by atoms with Gasteiger partial charge in [-0.2, -0.15) is 0 Å². The highest BCUT2D eigenvalue weighted by atomic mass is 16.2. The van der Waals surface area contributed by atoms with Crippen LogP contribution in [0, 0.1) is 6.92 Å². The van der Waals surface area contributed by atoms with E-state index < -0.39 is 0 Å². The number of hydrogen-bond donors (Lipinski definition) is 0. The first-order chi connectivity index (χ1) is 16.1. The van der Waals surface area contributed by atoms with E-state index in [1.807, 2.05) is 47.1 Å². The van der Waals surface area contributed by atoms with Crippen LogP contribution in [0.25, 0.3) is 0 Å². The maximum atomic E-state index is 12.9. The number of anilines is 1. The second kappa shape index (κ2) is 9.59. The largest absolute Gasteiger partial charge is 0.342 e. The summed E-state index contributed by atoms with van der Waals surface area (Å²) < 4.78 is 0. The fourth-order valence-electron chi connectivity index (χ4n) is 5.39. The molecule has 4 heterocycles. The molecule has 2 fully saturated rings. The summed E-state index contributed by atoms with van der Waals surface area (Å²) in [6, 6.07) is 10.1. The molecule has 0 N–H and O–H groups in total. The highest BCUT2D eigenvalue weighted by Gasteiger charge is 2.33. The molecule has 7 heteroatoms. The number of rotatable bonds is 5. The Labute approximate surface area is 195 Å². The van der Waals surface area contributed by atoms with E-state index in [-0.39, 0.29) is 17.9 Å². The normalized spacial score (nSPS) is 21.4. The molecule has 0 aliphatic carbocycles. The van der Waals surface area contributed by atoms with E-state index in [1.165, 1.54) is 0 Å². The number of carbonyl (C=O) groups excluding carboxylic acids is 2. The summed E-state index contributed by atoms with van der Waals surface area (Å²) >= 11 is 0. The summed E-state index contributed by atoms with van der Waals surface area (Å²) in [5, 5.41) is 0. The molecule has 0 bridgehead atoms. The lowest BCUT2D eigenvalue weighted by molar-refractivity contribution is -0.132. The predicted octanol–water partition coefficient (Wildman–Crippen LogP) is 3.41. The number of nitrogens with zero attached hydrogens (tertiary/aromatic N) is 5. The predicted molar refractivity (Wildman–Crippen MR) is 127 cm³/mol. The number of likely N-dealkylation sites (tertiary alicyclic amines) is 2. The van der Waals surface area contributed by atoms with Crippen LogP contribution in [0.3, 0.4) is 0 Å². The lowest BCUT2D eigenvalue weighted by Gasteiger charge is -2.36. The van der Waals surface area contributed by atoms with Gasteiger partial charge in [0, 0.05) is 30.8 Å². The number of aryl methyl sites for hydroxylation is 1. The van der Waals surface area contributed by atoms with Crippen LogP contribution in [-0.4, -0.2) is 57.8 Å². The number of aromatic nitrogens is 2. The molecule has 3 aliphatic heterocycles. The molecule has 0 radical (unpaired) electrons. The first-order valence-corrected chi connectivity index (χ1v) is 12.3. The van der Waals surface area contributed by atoms with Gasteiger partial charge in [0.15, 0.2) is 0 Å². The third-order valence-corrected chi connectivity index (χ3v) is 7.25. The summed E-state index contributed by atoms with van der Waals surface area (Å²) in [5.74, 6) is 1.84. The molecule has 174 valence electrons. The molecular weight excluding hydrogens is 414 g/mol. The lowest BCUT2D eigenvalue weighted by atomic mass is 9.99. The van der Waals surface area contributed by atoms with Crippen LogP contribution in [0.5, 0.6) is 0 Å². The summed E-state index contributed by atoms with van der Waals surface area (Å²) in [6.07, 6.45) is 6.52. The van der Waals surface area contributed by atoms with Crippen LogP contribution in [-0.2, 0) is 22.6 Å². The number of amides is 2. The van der Waals surface area contributed by atoms with E-state index in [2.05, 4.69) is 4.90 Å². The van der Waals surface area contributed by atoms with Gasteiger partial charge in [-0.15, -0.1) is 0 Å². The number of fused-ring (bicyclic) bond motifs is 1. The zero-order valence-electron chi connectivity index (χ0n) is 19.5. The van der Waals surface area contributed by atoms with Crippen LogP contribution in [0.15, 0.2) is 30.3 Å². The molecule has 0 saturated carbocycles. The highest BCUT2D eigenvalue weighted by molar-refractivity contribution is 5.95. The van der Waals surface area contributed by atoms with Crippen molar-refractivity contribution in [3.63, 3.8) is 0 Å². The molecule has 2 saturated heterocycles. The maximum absolute atomic E-state index is 12.9. The zero-order chi connectivity index (χ0) is 22.8. The Morgan fingerprint density at radius 3 is 2.55 bits per heavy atom. The molecule has 1 aromatic heterocycles. The summed E-state index contributed by atoms with van der Waals surface area (Å²) in [7, 11) is 0. The summed E-state index contributed by atoms with van der Waals surface area (Å²) in [5.41, 5.74) is 3.12. The lowest BCUT2D eigenvalue weighted by Crippen LogP contribution is -2.43. The number of carbonyl (C=O) groups is 2. The molecule has 2 aromatic rings. The van der Waals surface area contributed by atoms with Crippen LogP contribution >= 0.6 is 0 Å². The average Bonchev–Trinajstić information content (AvgIpc) is 3.37. The minimum absolute atomic E-state index is 0.0184. The minimum Gasteiger partial charge on any atom is -0.342 e. The van der Waals surface area contributed by atoms with E-state index in [0.717, 1.165) is 80.2 Å². The monoisotopic (exact) mass is 447 g/mol. The van der Waals surface area contributed by atoms with Crippen molar-refractivity contribution in [2.24, 2.45) is 0 Å². The van der Waals surface area contributed by atoms with Crippen molar-refractivity contribution in [1.82, 2.24) is 19.8 Å². The molecule has 33 heavy (non-hydrogen) atoms. The number of hydrogen-bond acceptors (Lipinski definition) is 5. The molecule has 0 unspecified atom stereocenters. The molecule has 0 spiro atoms.